The number of fused-ring (bicyclic) bond motifs is 1. The first-order valence-electron chi connectivity index (χ1n) is 10.9. The molecule has 0 radical (unpaired) electrons. The highest BCUT2D eigenvalue weighted by Gasteiger charge is 2.18. The van der Waals surface area contributed by atoms with E-state index < -0.39 is 0 Å². The highest BCUT2D eigenvalue weighted by molar-refractivity contribution is 7.98. The van der Waals surface area contributed by atoms with Crippen LogP contribution in [-0.4, -0.2) is 28.8 Å². The van der Waals surface area contributed by atoms with E-state index in [4.69, 9.17) is 28.3 Å². The number of rotatable bonds is 8. The molecule has 0 spiro atoms. The maximum atomic E-state index is 13.3. The smallest absolute Gasteiger partial charge is 0.262 e. The molecule has 0 amide bonds. The summed E-state index contributed by atoms with van der Waals surface area (Å²) in [7, 11) is 3.19. The Morgan fingerprint density at radius 3 is 2.66 bits per heavy atom. The van der Waals surface area contributed by atoms with Crippen LogP contribution in [0, 0.1) is 6.92 Å². The molecule has 35 heavy (non-hydrogen) atoms. The molecule has 0 aliphatic carbocycles. The van der Waals surface area contributed by atoms with Crippen molar-refractivity contribution in [2.45, 2.75) is 24.4 Å². The van der Waals surface area contributed by atoms with E-state index in [-0.39, 0.29) is 12.1 Å². The van der Waals surface area contributed by atoms with Gasteiger partial charge in [-0.2, -0.15) is 0 Å². The fourth-order valence-electron chi connectivity index (χ4n) is 3.74. The Labute approximate surface area is 205 Å². The van der Waals surface area contributed by atoms with Crippen LogP contribution in [0.25, 0.3) is 22.4 Å². The number of thioether (sulfide) groups is 1. The van der Waals surface area contributed by atoms with Crippen molar-refractivity contribution in [3.63, 3.8) is 0 Å². The monoisotopic (exact) mass is 489 g/mol. The number of para-hydroxylation sites is 1. The van der Waals surface area contributed by atoms with Crippen LogP contribution in [0.5, 0.6) is 11.5 Å². The second-order valence-corrected chi connectivity index (χ2v) is 8.70. The Kier molecular flexibility index (Phi) is 6.33. The third-order valence-electron chi connectivity index (χ3n) is 5.59. The van der Waals surface area contributed by atoms with Crippen molar-refractivity contribution in [2.75, 3.05) is 14.2 Å². The first kappa shape index (κ1) is 22.8. The number of benzene rings is 2. The molecular weight excluding hydrogens is 466 g/mol. The second kappa shape index (κ2) is 9.71. The van der Waals surface area contributed by atoms with E-state index in [2.05, 4.69) is 0 Å². The van der Waals surface area contributed by atoms with Gasteiger partial charge in [-0.15, -0.1) is 0 Å². The van der Waals surface area contributed by atoms with Crippen molar-refractivity contribution in [1.29, 1.82) is 0 Å². The largest absolute Gasteiger partial charge is 0.497 e. The lowest BCUT2D eigenvalue weighted by molar-refractivity contribution is 0.394. The number of nitrogens with zero attached hydrogens (tertiary/aromatic N) is 3. The molecule has 5 aromatic rings. The Hall–Kier alpha value is -3.98. The maximum absolute atomic E-state index is 13.3. The molecule has 0 aliphatic rings. The molecule has 8 nitrogen and oxygen atoms in total. The number of aromatic nitrogens is 3. The van der Waals surface area contributed by atoms with Crippen molar-refractivity contribution in [3.8, 4) is 23.0 Å². The molecule has 0 atom stereocenters. The second-order valence-electron chi connectivity index (χ2n) is 7.76. The maximum Gasteiger partial charge on any atom is 0.262 e. The van der Waals surface area contributed by atoms with Gasteiger partial charge in [-0.05, 0) is 43.3 Å². The Morgan fingerprint density at radius 1 is 1.03 bits per heavy atom. The molecule has 2 aromatic carbocycles. The summed E-state index contributed by atoms with van der Waals surface area (Å²) in [5, 5.41) is 1.14. The van der Waals surface area contributed by atoms with Gasteiger partial charge < -0.3 is 18.3 Å². The van der Waals surface area contributed by atoms with Crippen LogP contribution in [0.2, 0.25) is 0 Å². The highest BCUT2D eigenvalue weighted by atomic mass is 32.2. The lowest BCUT2D eigenvalue weighted by atomic mass is 10.2. The zero-order chi connectivity index (χ0) is 24.4. The number of methoxy groups -OCH3 is 2. The van der Waals surface area contributed by atoms with E-state index >= 15 is 0 Å². The predicted molar refractivity (Wildman–Crippen MR) is 133 cm³/mol. The van der Waals surface area contributed by atoms with E-state index in [0.717, 1.165) is 11.3 Å². The van der Waals surface area contributed by atoms with Gasteiger partial charge in [-0.1, -0.05) is 23.9 Å². The van der Waals surface area contributed by atoms with Crippen LogP contribution in [-0.2, 0) is 12.3 Å². The summed E-state index contributed by atoms with van der Waals surface area (Å²) in [6.07, 6.45) is 1.59. The predicted octanol–water partition coefficient (Wildman–Crippen LogP) is 5.31. The Balaban J connectivity index is 1.47. The SMILES string of the molecule is COc1ccc(-c2nc(CSc3nc4ccccc4c(=O)n3Cc3ccco3)c(C)o2)c(OC)c1. The minimum Gasteiger partial charge on any atom is -0.497 e. The summed E-state index contributed by atoms with van der Waals surface area (Å²) >= 11 is 1.43. The zero-order valence-corrected chi connectivity index (χ0v) is 20.3. The quantitative estimate of drug-likeness (QED) is 0.214. The molecule has 0 bridgehead atoms. The van der Waals surface area contributed by atoms with Crippen LogP contribution >= 0.6 is 11.8 Å². The average molecular weight is 490 g/mol. The molecule has 0 saturated heterocycles. The van der Waals surface area contributed by atoms with Crippen LogP contribution in [0.1, 0.15) is 17.2 Å². The lowest BCUT2D eigenvalue weighted by Gasteiger charge is -2.11. The molecule has 5 rings (SSSR count). The molecule has 3 aromatic heterocycles. The van der Waals surface area contributed by atoms with Crippen molar-refractivity contribution < 1.29 is 18.3 Å². The minimum absolute atomic E-state index is 0.116. The fraction of sp³-hybridized carbons (Fsp3) is 0.192. The van der Waals surface area contributed by atoms with Gasteiger partial charge in [0.15, 0.2) is 5.16 Å². The molecule has 0 saturated carbocycles. The fourth-order valence-corrected chi connectivity index (χ4v) is 4.74. The van der Waals surface area contributed by atoms with Crippen molar-refractivity contribution in [3.05, 3.63) is 88.4 Å². The summed E-state index contributed by atoms with van der Waals surface area (Å²) in [5.74, 6) is 3.58. The standard InChI is InChI=1S/C26H23N3O5S/c1-16-22(27-24(34-16)20-11-10-17(31-2)13-23(20)32-3)15-35-26-28-21-9-5-4-8-19(21)25(30)29(26)14-18-7-6-12-33-18/h4-13H,14-15H2,1-3H3. The molecule has 0 fully saturated rings. The third kappa shape index (κ3) is 4.54. The van der Waals surface area contributed by atoms with E-state index in [9.17, 15) is 4.79 Å². The lowest BCUT2D eigenvalue weighted by Crippen LogP contribution is -2.23. The minimum atomic E-state index is -0.116. The molecule has 3 heterocycles. The van der Waals surface area contributed by atoms with Gasteiger partial charge in [-0.25, -0.2) is 9.97 Å². The number of hydrogen-bond donors (Lipinski definition) is 0. The van der Waals surface area contributed by atoms with E-state index in [1.54, 1.807) is 43.2 Å². The third-order valence-corrected chi connectivity index (χ3v) is 6.58. The number of oxazole rings is 1. The number of furan rings is 1. The number of aryl methyl sites for hydroxylation is 1. The Morgan fingerprint density at radius 2 is 1.89 bits per heavy atom. The van der Waals surface area contributed by atoms with Crippen LogP contribution in [0.4, 0.5) is 0 Å². The molecule has 0 N–H and O–H groups in total. The van der Waals surface area contributed by atoms with Gasteiger partial charge in [-0.3, -0.25) is 9.36 Å². The van der Waals surface area contributed by atoms with E-state index in [1.165, 1.54) is 11.8 Å². The van der Waals surface area contributed by atoms with Gasteiger partial charge in [0, 0.05) is 11.8 Å². The Bertz CT molecular complexity index is 1540. The normalized spacial score (nSPS) is 11.2. The summed E-state index contributed by atoms with van der Waals surface area (Å²) in [6, 6.07) is 16.4. The first-order chi connectivity index (χ1) is 17.1. The molecule has 0 unspecified atom stereocenters. The first-order valence-corrected chi connectivity index (χ1v) is 11.9. The molecule has 0 aliphatic heterocycles. The molecule has 178 valence electrons. The molecule has 9 heteroatoms. The summed E-state index contributed by atoms with van der Waals surface area (Å²) in [5.41, 5.74) is 2.02. The van der Waals surface area contributed by atoms with Crippen molar-refractivity contribution in [1.82, 2.24) is 14.5 Å². The summed E-state index contributed by atoms with van der Waals surface area (Å²) in [4.78, 5) is 22.7. The highest BCUT2D eigenvalue weighted by Crippen LogP contribution is 2.34. The van der Waals surface area contributed by atoms with Gasteiger partial charge >= 0.3 is 0 Å². The summed E-state index contributed by atoms with van der Waals surface area (Å²) in [6.45, 7) is 2.16. The van der Waals surface area contributed by atoms with Crippen LogP contribution in [0.15, 0.2) is 79.6 Å². The van der Waals surface area contributed by atoms with Gasteiger partial charge in [0.1, 0.15) is 23.0 Å². The van der Waals surface area contributed by atoms with Crippen LogP contribution in [0.3, 0.4) is 0 Å². The van der Waals surface area contributed by atoms with Gasteiger partial charge in [0.2, 0.25) is 5.89 Å². The topological polar surface area (TPSA) is 92.5 Å². The van der Waals surface area contributed by atoms with Crippen LogP contribution < -0.4 is 15.0 Å². The zero-order valence-electron chi connectivity index (χ0n) is 19.5. The number of ether oxygens (including phenoxy) is 2. The van der Waals surface area contributed by atoms with Gasteiger partial charge in [0.25, 0.3) is 5.56 Å². The van der Waals surface area contributed by atoms with Crippen molar-refractivity contribution in [2.24, 2.45) is 0 Å². The van der Waals surface area contributed by atoms with E-state index in [0.29, 0.717) is 50.7 Å². The average Bonchev–Trinajstić information content (AvgIpc) is 3.53. The van der Waals surface area contributed by atoms with Crippen molar-refractivity contribution >= 4 is 22.7 Å². The number of hydrogen-bond acceptors (Lipinski definition) is 8. The molecular formula is C26H23N3O5S. The van der Waals surface area contributed by atoms with Gasteiger partial charge in [0.05, 0.1) is 49.2 Å². The summed E-state index contributed by atoms with van der Waals surface area (Å²) < 4.78 is 23.9. The van der Waals surface area contributed by atoms with E-state index in [1.807, 2.05) is 43.3 Å².